The van der Waals surface area contributed by atoms with E-state index in [2.05, 4.69) is 39.0 Å². The maximum atomic E-state index is 8.80. The van der Waals surface area contributed by atoms with E-state index < -0.39 is 0 Å². The number of rotatable bonds is 5. The molecule has 0 spiro atoms. The van der Waals surface area contributed by atoms with Gasteiger partial charge in [0, 0.05) is 0 Å². The molecule has 18 heavy (non-hydrogen) atoms. The normalized spacial score (nSPS) is 12.3. The zero-order valence-electron chi connectivity index (χ0n) is 11.9. The van der Waals surface area contributed by atoms with Crippen molar-refractivity contribution >= 4 is 0 Å². The molecule has 0 radical (unpaired) electrons. The minimum absolute atomic E-state index is 0.134. The lowest BCUT2D eigenvalue weighted by Gasteiger charge is -2.23. The smallest absolute Gasteiger partial charge is 0.125 e. The molecule has 3 heteroatoms. The van der Waals surface area contributed by atoms with Crippen LogP contribution in [0.5, 0.6) is 5.75 Å². The standard InChI is InChI=1S/C15H22N2O/c1-11-6-7-12(2)15(13(11)3)18-10-14(8-9-16)17(4)5/h6-7,14H,8,10H2,1-5H3. The third kappa shape index (κ3) is 3.48. The molecule has 0 aliphatic rings. The van der Waals surface area contributed by atoms with E-state index in [-0.39, 0.29) is 6.04 Å². The number of hydrogen-bond acceptors (Lipinski definition) is 3. The molecule has 0 bridgehead atoms. The van der Waals surface area contributed by atoms with Gasteiger partial charge >= 0.3 is 0 Å². The summed E-state index contributed by atoms with van der Waals surface area (Å²) >= 11 is 0. The van der Waals surface area contributed by atoms with E-state index in [9.17, 15) is 0 Å². The van der Waals surface area contributed by atoms with E-state index in [0.29, 0.717) is 13.0 Å². The molecule has 1 aromatic rings. The predicted molar refractivity (Wildman–Crippen MR) is 73.9 cm³/mol. The van der Waals surface area contributed by atoms with Crippen LogP contribution in [0.3, 0.4) is 0 Å². The Bertz CT molecular complexity index is 447. The Kier molecular flexibility index (Phi) is 5.18. The van der Waals surface area contributed by atoms with E-state index in [1.165, 1.54) is 11.1 Å². The van der Waals surface area contributed by atoms with E-state index in [0.717, 1.165) is 11.3 Å². The van der Waals surface area contributed by atoms with Crippen molar-refractivity contribution in [3.63, 3.8) is 0 Å². The van der Waals surface area contributed by atoms with Gasteiger partial charge in [-0.1, -0.05) is 12.1 Å². The Hall–Kier alpha value is -1.53. The molecular formula is C15H22N2O. The summed E-state index contributed by atoms with van der Waals surface area (Å²) in [4.78, 5) is 2.03. The molecule has 0 heterocycles. The number of benzene rings is 1. The van der Waals surface area contributed by atoms with Crippen LogP contribution in [0.15, 0.2) is 12.1 Å². The molecule has 0 amide bonds. The summed E-state index contributed by atoms with van der Waals surface area (Å²) < 4.78 is 5.93. The minimum Gasteiger partial charge on any atom is -0.491 e. The van der Waals surface area contributed by atoms with Crippen LogP contribution >= 0.6 is 0 Å². The topological polar surface area (TPSA) is 36.3 Å². The summed E-state index contributed by atoms with van der Waals surface area (Å²) in [6.45, 7) is 6.76. The number of aryl methyl sites for hydroxylation is 2. The molecule has 0 fully saturated rings. The molecule has 0 saturated carbocycles. The van der Waals surface area contributed by atoms with E-state index in [1.54, 1.807) is 0 Å². The summed E-state index contributed by atoms with van der Waals surface area (Å²) in [5.74, 6) is 0.958. The lowest BCUT2D eigenvalue weighted by molar-refractivity contribution is 0.186. The highest BCUT2D eigenvalue weighted by Crippen LogP contribution is 2.26. The highest BCUT2D eigenvalue weighted by atomic mass is 16.5. The monoisotopic (exact) mass is 246 g/mol. The first-order chi connectivity index (χ1) is 8.47. The molecule has 3 nitrogen and oxygen atoms in total. The second-order valence-corrected chi connectivity index (χ2v) is 4.94. The highest BCUT2D eigenvalue weighted by molar-refractivity contribution is 5.44. The van der Waals surface area contributed by atoms with Crippen LogP contribution in [-0.2, 0) is 0 Å². The van der Waals surface area contributed by atoms with Crippen molar-refractivity contribution in [3.05, 3.63) is 28.8 Å². The predicted octanol–water partition coefficient (Wildman–Crippen LogP) is 2.83. The minimum atomic E-state index is 0.134. The van der Waals surface area contributed by atoms with Gasteiger partial charge in [0.2, 0.25) is 0 Å². The van der Waals surface area contributed by atoms with Gasteiger partial charge in [0.05, 0.1) is 18.5 Å². The van der Waals surface area contributed by atoms with Crippen molar-refractivity contribution in [2.75, 3.05) is 20.7 Å². The molecule has 0 aliphatic heterocycles. The molecule has 0 N–H and O–H groups in total. The van der Waals surface area contributed by atoms with Crippen molar-refractivity contribution in [2.24, 2.45) is 0 Å². The first-order valence-electron chi connectivity index (χ1n) is 6.20. The van der Waals surface area contributed by atoms with Gasteiger partial charge < -0.3 is 9.64 Å². The van der Waals surface area contributed by atoms with Gasteiger partial charge in [0.25, 0.3) is 0 Å². The van der Waals surface area contributed by atoms with Gasteiger partial charge in [-0.05, 0) is 51.6 Å². The maximum absolute atomic E-state index is 8.80. The van der Waals surface area contributed by atoms with Crippen LogP contribution in [-0.4, -0.2) is 31.6 Å². The van der Waals surface area contributed by atoms with Crippen LogP contribution in [0.25, 0.3) is 0 Å². The molecule has 0 saturated heterocycles. The number of nitriles is 1. The van der Waals surface area contributed by atoms with Gasteiger partial charge in [-0.2, -0.15) is 5.26 Å². The fraction of sp³-hybridized carbons (Fsp3) is 0.533. The number of ether oxygens (including phenoxy) is 1. The molecule has 0 aromatic heterocycles. The molecular weight excluding hydrogens is 224 g/mol. The molecule has 1 aromatic carbocycles. The summed E-state index contributed by atoms with van der Waals surface area (Å²) in [5, 5.41) is 8.80. The van der Waals surface area contributed by atoms with Crippen LogP contribution < -0.4 is 4.74 Å². The average Bonchev–Trinajstić information content (AvgIpc) is 2.32. The van der Waals surface area contributed by atoms with E-state index in [1.807, 2.05) is 19.0 Å². The fourth-order valence-corrected chi connectivity index (χ4v) is 1.82. The first-order valence-corrected chi connectivity index (χ1v) is 6.20. The van der Waals surface area contributed by atoms with Gasteiger partial charge in [-0.25, -0.2) is 0 Å². The van der Waals surface area contributed by atoms with Crippen molar-refractivity contribution in [2.45, 2.75) is 33.2 Å². The fourth-order valence-electron chi connectivity index (χ4n) is 1.82. The van der Waals surface area contributed by atoms with Crippen molar-refractivity contribution in [3.8, 4) is 11.8 Å². The number of nitrogens with zero attached hydrogens (tertiary/aromatic N) is 2. The Labute approximate surface area is 110 Å². The van der Waals surface area contributed by atoms with Crippen molar-refractivity contribution in [1.29, 1.82) is 5.26 Å². The van der Waals surface area contributed by atoms with Crippen molar-refractivity contribution < 1.29 is 4.74 Å². The Morgan fingerprint density at radius 3 is 2.39 bits per heavy atom. The lowest BCUT2D eigenvalue weighted by Crippen LogP contribution is -2.33. The summed E-state index contributed by atoms with van der Waals surface area (Å²) in [6, 6.07) is 6.52. The number of likely N-dealkylation sites (N-methyl/N-ethyl adjacent to an activating group) is 1. The Morgan fingerprint density at radius 2 is 1.83 bits per heavy atom. The van der Waals surface area contributed by atoms with Crippen LogP contribution in [0.1, 0.15) is 23.1 Å². The zero-order valence-corrected chi connectivity index (χ0v) is 11.9. The lowest BCUT2D eigenvalue weighted by atomic mass is 10.1. The maximum Gasteiger partial charge on any atom is 0.125 e. The molecule has 1 rings (SSSR count). The number of hydrogen-bond donors (Lipinski definition) is 0. The second kappa shape index (κ2) is 6.42. The molecule has 98 valence electrons. The van der Waals surface area contributed by atoms with Crippen LogP contribution in [0.4, 0.5) is 0 Å². The van der Waals surface area contributed by atoms with Crippen LogP contribution in [0, 0.1) is 32.1 Å². The summed E-state index contributed by atoms with van der Waals surface area (Å²) in [5.41, 5.74) is 3.56. The highest BCUT2D eigenvalue weighted by Gasteiger charge is 2.14. The van der Waals surface area contributed by atoms with E-state index in [4.69, 9.17) is 10.00 Å². The third-order valence-electron chi connectivity index (χ3n) is 3.35. The summed E-state index contributed by atoms with van der Waals surface area (Å²) in [6.07, 6.45) is 0.483. The Balaban J connectivity index is 2.80. The van der Waals surface area contributed by atoms with Gasteiger partial charge in [-0.15, -0.1) is 0 Å². The zero-order chi connectivity index (χ0) is 13.7. The van der Waals surface area contributed by atoms with Gasteiger partial charge in [0.15, 0.2) is 0 Å². The average molecular weight is 246 g/mol. The van der Waals surface area contributed by atoms with E-state index >= 15 is 0 Å². The van der Waals surface area contributed by atoms with Gasteiger partial charge in [-0.3, -0.25) is 0 Å². The van der Waals surface area contributed by atoms with Gasteiger partial charge in [0.1, 0.15) is 12.4 Å². The largest absolute Gasteiger partial charge is 0.491 e. The summed E-state index contributed by atoms with van der Waals surface area (Å²) in [7, 11) is 3.95. The van der Waals surface area contributed by atoms with Crippen molar-refractivity contribution in [1.82, 2.24) is 4.90 Å². The Morgan fingerprint density at radius 1 is 1.22 bits per heavy atom. The SMILES string of the molecule is Cc1ccc(C)c(OCC(CC#N)N(C)C)c1C. The van der Waals surface area contributed by atoms with Crippen LogP contribution in [0.2, 0.25) is 0 Å². The molecule has 0 aliphatic carbocycles. The first kappa shape index (κ1) is 14.5. The second-order valence-electron chi connectivity index (χ2n) is 4.94. The molecule has 1 unspecified atom stereocenters. The third-order valence-corrected chi connectivity index (χ3v) is 3.35. The quantitative estimate of drug-likeness (QED) is 0.801. The molecule has 1 atom stereocenters.